The number of rotatable bonds is 3. The molecule has 3 nitrogen and oxygen atoms in total. The third-order valence-electron chi connectivity index (χ3n) is 4.64. The van der Waals surface area contributed by atoms with Gasteiger partial charge in [0.25, 0.3) is 0 Å². The van der Waals surface area contributed by atoms with Crippen molar-refractivity contribution < 1.29 is 0 Å². The molecule has 0 unspecified atom stereocenters. The molecular formula is C15H30IN3. The average molecular weight is 379 g/mol. The summed E-state index contributed by atoms with van der Waals surface area (Å²) >= 11 is 0. The minimum atomic E-state index is 0. The van der Waals surface area contributed by atoms with Gasteiger partial charge in [-0.05, 0) is 31.1 Å². The van der Waals surface area contributed by atoms with Crippen molar-refractivity contribution >= 4 is 29.9 Å². The molecule has 0 aromatic rings. The van der Waals surface area contributed by atoms with Crippen LogP contribution in [0.25, 0.3) is 0 Å². The van der Waals surface area contributed by atoms with E-state index >= 15 is 0 Å². The number of piperidine rings is 1. The maximum atomic E-state index is 6.09. The predicted molar refractivity (Wildman–Crippen MR) is 93.1 cm³/mol. The van der Waals surface area contributed by atoms with Crippen LogP contribution in [0.15, 0.2) is 4.99 Å². The Labute approximate surface area is 135 Å². The zero-order chi connectivity index (χ0) is 12.8. The van der Waals surface area contributed by atoms with Gasteiger partial charge in [0.2, 0.25) is 0 Å². The normalized spacial score (nSPS) is 23.2. The Kier molecular flexibility index (Phi) is 8.11. The minimum Gasteiger partial charge on any atom is -0.370 e. The van der Waals surface area contributed by atoms with E-state index < -0.39 is 0 Å². The fourth-order valence-electron chi connectivity index (χ4n) is 3.18. The first kappa shape index (κ1) is 17.1. The average Bonchev–Trinajstić information content (AvgIpc) is 2.40. The molecule has 1 saturated carbocycles. The molecule has 2 fully saturated rings. The lowest BCUT2D eigenvalue weighted by atomic mass is 9.87. The number of aliphatic imine (C=N–C) groups is 1. The number of nitrogens with zero attached hydrogens (tertiary/aromatic N) is 2. The van der Waals surface area contributed by atoms with Crippen molar-refractivity contribution in [1.29, 1.82) is 0 Å². The van der Waals surface area contributed by atoms with Crippen molar-refractivity contribution in [3.05, 3.63) is 0 Å². The molecule has 1 saturated heterocycles. The first-order valence-electron chi connectivity index (χ1n) is 7.80. The second-order valence-corrected chi connectivity index (χ2v) is 6.20. The summed E-state index contributed by atoms with van der Waals surface area (Å²) in [7, 11) is 0. The van der Waals surface area contributed by atoms with E-state index in [0.29, 0.717) is 0 Å². The molecule has 2 rings (SSSR count). The highest BCUT2D eigenvalue weighted by molar-refractivity contribution is 14.0. The van der Waals surface area contributed by atoms with E-state index in [4.69, 9.17) is 5.73 Å². The molecule has 1 heterocycles. The Morgan fingerprint density at radius 1 is 1.11 bits per heavy atom. The van der Waals surface area contributed by atoms with E-state index in [1.54, 1.807) is 0 Å². The highest BCUT2D eigenvalue weighted by Gasteiger charge is 2.17. The largest absolute Gasteiger partial charge is 0.370 e. The van der Waals surface area contributed by atoms with Crippen molar-refractivity contribution in [1.82, 2.24) is 4.90 Å². The standard InChI is InChI=1S/C15H29N3.HI/c1-13-8-11-18(12-9-13)15(16)17-10-7-14-5-3-2-4-6-14;/h13-14H,2-12H2,1H3,(H2,16,17);1H. The van der Waals surface area contributed by atoms with Gasteiger partial charge < -0.3 is 10.6 Å². The monoisotopic (exact) mass is 379 g/mol. The van der Waals surface area contributed by atoms with Gasteiger partial charge in [-0.15, -0.1) is 24.0 Å². The van der Waals surface area contributed by atoms with Crippen LogP contribution in [-0.4, -0.2) is 30.5 Å². The molecule has 1 aliphatic heterocycles. The van der Waals surface area contributed by atoms with Gasteiger partial charge in [0.15, 0.2) is 5.96 Å². The highest BCUT2D eigenvalue weighted by atomic mass is 127. The van der Waals surface area contributed by atoms with Crippen LogP contribution in [0.4, 0.5) is 0 Å². The molecule has 0 aromatic heterocycles. The van der Waals surface area contributed by atoms with Gasteiger partial charge in [-0.2, -0.15) is 0 Å². The summed E-state index contributed by atoms with van der Waals surface area (Å²) in [4.78, 5) is 6.85. The van der Waals surface area contributed by atoms with Gasteiger partial charge in [0.1, 0.15) is 0 Å². The fraction of sp³-hybridized carbons (Fsp3) is 0.933. The van der Waals surface area contributed by atoms with Crippen LogP contribution in [0.2, 0.25) is 0 Å². The van der Waals surface area contributed by atoms with E-state index in [1.807, 2.05) is 0 Å². The number of hydrogen-bond donors (Lipinski definition) is 1. The summed E-state index contributed by atoms with van der Waals surface area (Å²) in [5, 5.41) is 0. The summed E-state index contributed by atoms with van der Waals surface area (Å²) in [5.41, 5.74) is 6.09. The predicted octanol–water partition coefficient (Wildman–Crippen LogP) is 3.62. The Balaban J connectivity index is 0.00000180. The quantitative estimate of drug-likeness (QED) is 0.462. The Morgan fingerprint density at radius 3 is 2.37 bits per heavy atom. The molecule has 4 heteroatoms. The van der Waals surface area contributed by atoms with Gasteiger partial charge in [0, 0.05) is 19.6 Å². The van der Waals surface area contributed by atoms with Gasteiger partial charge in [-0.1, -0.05) is 39.0 Å². The molecule has 1 aliphatic carbocycles. The summed E-state index contributed by atoms with van der Waals surface area (Å²) in [6.45, 7) is 5.45. The third-order valence-corrected chi connectivity index (χ3v) is 4.64. The van der Waals surface area contributed by atoms with Crippen LogP contribution in [0.5, 0.6) is 0 Å². The minimum absolute atomic E-state index is 0. The van der Waals surface area contributed by atoms with Crippen LogP contribution in [-0.2, 0) is 0 Å². The first-order valence-corrected chi connectivity index (χ1v) is 7.80. The Morgan fingerprint density at radius 2 is 1.74 bits per heavy atom. The van der Waals surface area contributed by atoms with Gasteiger partial charge >= 0.3 is 0 Å². The second kappa shape index (κ2) is 9.03. The van der Waals surface area contributed by atoms with Crippen LogP contribution in [0.1, 0.15) is 58.3 Å². The molecule has 2 aliphatic rings. The third kappa shape index (κ3) is 5.88. The lowest BCUT2D eigenvalue weighted by Gasteiger charge is -2.31. The summed E-state index contributed by atoms with van der Waals surface area (Å²) in [6.07, 6.45) is 10.9. The lowest BCUT2D eigenvalue weighted by Crippen LogP contribution is -2.42. The molecule has 0 radical (unpaired) electrons. The smallest absolute Gasteiger partial charge is 0.191 e. The molecule has 19 heavy (non-hydrogen) atoms. The van der Waals surface area contributed by atoms with Crippen LogP contribution < -0.4 is 5.73 Å². The van der Waals surface area contributed by atoms with Crippen LogP contribution in [0, 0.1) is 11.8 Å². The molecule has 112 valence electrons. The Bertz CT molecular complexity index is 267. The highest BCUT2D eigenvalue weighted by Crippen LogP contribution is 2.26. The molecule has 0 aromatic carbocycles. The molecule has 0 bridgehead atoms. The van der Waals surface area contributed by atoms with Crippen molar-refractivity contribution in [3.63, 3.8) is 0 Å². The Hall–Kier alpha value is 0. The SMILES string of the molecule is CC1CCN(C(N)=NCCC2CCCCC2)CC1.I. The number of likely N-dealkylation sites (tertiary alicyclic amines) is 1. The maximum absolute atomic E-state index is 6.09. The number of hydrogen-bond acceptors (Lipinski definition) is 1. The summed E-state index contributed by atoms with van der Waals surface area (Å²) in [6, 6.07) is 0. The fourth-order valence-corrected chi connectivity index (χ4v) is 3.18. The van der Waals surface area contributed by atoms with E-state index in [9.17, 15) is 0 Å². The van der Waals surface area contributed by atoms with Crippen molar-refractivity contribution in [2.24, 2.45) is 22.6 Å². The van der Waals surface area contributed by atoms with Gasteiger partial charge in [0.05, 0.1) is 0 Å². The van der Waals surface area contributed by atoms with Crippen molar-refractivity contribution in [2.45, 2.75) is 58.3 Å². The second-order valence-electron chi connectivity index (χ2n) is 6.20. The van der Waals surface area contributed by atoms with Crippen molar-refractivity contribution in [2.75, 3.05) is 19.6 Å². The zero-order valence-electron chi connectivity index (χ0n) is 12.3. The molecule has 0 spiro atoms. The van der Waals surface area contributed by atoms with Gasteiger partial charge in [-0.3, -0.25) is 4.99 Å². The van der Waals surface area contributed by atoms with Crippen molar-refractivity contribution in [3.8, 4) is 0 Å². The van der Waals surface area contributed by atoms with E-state index in [0.717, 1.165) is 37.4 Å². The van der Waals surface area contributed by atoms with E-state index in [2.05, 4.69) is 16.8 Å². The summed E-state index contributed by atoms with van der Waals surface area (Å²) in [5.74, 6) is 2.56. The van der Waals surface area contributed by atoms with E-state index in [-0.39, 0.29) is 24.0 Å². The first-order chi connectivity index (χ1) is 8.75. The molecule has 0 atom stereocenters. The lowest BCUT2D eigenvalue weighted by molar-refractivity contribution is 0.277. The molecule has 2 N–H and O–H groups in total. The van der Waals surface area contributed by atoms with Gasteiger partial charge in [-0.25, -0.2) is 0 Å². The maximum Gasteiger partial charge on any atom is 0.191 e. The van der Waals surface area contributed by atoms with Crippen LogP contribution in [0.3, 0.4) is 0 Å². The zero-order valence-corrected chi connectivity index (χ0v) is 14.6. The number of nitrogens with two attached hydrogens (primary N) is 1. The topological polar surface area (TPSA) is 41.6 Å². The number of halogens is 1. The summed E-state index contributed by atoms with van der Waals surface area (Å²) < 4.78 is 0. The molecule has 0 amide bonds. The van der Waals surface area contributed by atoms with E-state index in [1.165, 1.54) is 51.4 Å². The van der Waals surface area contributed by atoms with Crippen LogP contribution >= 0.6 is 24.0 Å². The number of guanidine groups is 1. The molecular weight excluding hydrogens is 349 g/mol.